The van der Waals surface area contributed by atoms with Crippen LogP contribution in [0.1, 0.15) is 106 Å². The molecular formula is C83H74BN3OS. The van der Waals surface area contributed by atoms with E-state index in [1.807, 2.05) is 11.3 Å². The first kappa shape index (κ1) is 55.2. The molecule has 0 N–H and O–H groups in total. The normalized spacial score (nSPS) is 14.8. The standard InChI is InChI=1S/C83H74BN3OS/c1-49-22-20-25-57(42-49)85(69-28-21-31-75-77(69)61-27-17-19-30-74(61)89-75)58-46-71-78-72(47-58)87(67-37-33-56(81(6,7)8)45-62(67)54-23-14-13-15-24-54)79-65(35-34-60-59-26-16-18-29-73(59)88-80(60)79)84(78)66-44-55(76-52(4)40-50(2)41-53(76)5)32-36-68(66)86(71)70-48-64-63(43-51(70)3)82(9,10)38-39-83(64,11)12/h13-37,40-48H,38-39H2,1-12H3. The molecule has 0 radical (unpaired) electrons. The molecule has 0 amide bonds. The molecule has 3 aliphatic rings. The van der Waals surface area contributed by atoms with Gasteiger partial charge in [-0.2, -0.15) is 0 Å². The maximum atomic E-state index is 7.45. The zero-order valence-electron chi connectivity index (χ0n) is 53.3. The first-order valence-corrected chi connectivity index (χ1v) is 32.7. The minimum absolute atomic E-state index is 0.0309. The fourth-order valence-corrected chi connectivity index (χ4v) is 16.9. The highest BCUT2D eigenvalue weighted by atomic mass is 32.1. The molecule has 0 atom stereocenters. The second-order valence-corrected chi connectivity index (χ2v) is 29.3. The quantitative estimate of drug-likeness (QED) is 0.148. The van der Waals surface area contributed by atoms with Crippen molar-refractivity contribution in [3.8, 4) is 22.3 Å². The van der Waals surface area contributed by atoms with E-state index in [0.717, 1.165) is 85.7 Å². The molecule has 0 spiro atoms. The van der Waals surface area contributed by atoms with E-state index in [-0.39, 0.29) is 23.0 Å². The molecule has 89 heavy (non-hydrogen) atoms. The Kier molecular flexibility index (Phi) is 12.4. The summed E-state index contributed by atoms with van der Waals surface area (Å²) < 4.78 is 9.99. The first-order chi connectivity index (χ1) is 42.8. The Morgan fingerprint density at radius 1 is 0.483 bits per heavy atom. The third-order valence-corrected chi connectivity index (χ3v) is 21.4. The van der Waals surface area contributed by atoms with E-state index in [4.69, 9.17) is 4.42 Å². The monoisotopic (exact) mass is 1170 g/mol. The average molecular weight is 1170 g/mol. The number of hydrogen-bond acceptors (Lipinski definition) is 5. The topological polar surface area (TPSA) is 22.9 Å². The van der Waals surface area contributed by atoms with Crippen LogP contribution in [0.2, 0.25) is 0 Å². The lowest BCUT2D eigenvalue weighted by molar-refractivity contribution is 0.332. The average Bonchev–Trinajstić information content (AvgIpc) is 1.45. The van der Waals surface area contributed by atoms with Gasteiger partial charge in [0.15, 0.2) is 5.58 Å². The number of furan rings is 1. The molecule has 16 rings (SSSR count). The number of rotatable bonds is 7. The minimum Gasteiger partial charge on any atom is -0.454 e. The number of thiophene rings is 1. The molecular weight excluding hydrogens is 1100 g/mol. The van der Waals surface area contributed by atoms with Crippen molar-refractivity contribution in [3.63, 3.8) is 0 Å². The lowest BCUT2D eigenvalue weighted by Gasteiger charge is -2.47. The number of hydrogen-bond donors (Lipinski definition) is 0. The molecule has 2 aliphatic heterocycles. The smallest absolute Gasteiger partial charge is 0.252 e. The molecule has 0 fully saturated rings. The van der Waals surface area contributed by atoms with E-state index < -0.39 is 0 Å². The molecule has 6 heteroatoms. The molecule has 0 saturated heterocycles. The summed E-state index contributed by atoms with van der Waals surface area (Å²) in [5.41, 5.74) is 30.8. The SMILES string of the molecule is Cc1cccc(N(c2cc3c4c(c2)N(c2ccc(C(C)(C)C)cc2-c2ccccc2)c2c(ccc5c2oc2ccccc25)B4c2cc(-c4c(C)cc(C)cc4C)ccc2N3c2cc3c(cc2C)C(C)(C)CCC3(C)C)c2cccc3sc4ccccc4c23)c1. The highest BCUT2D eigenvalue weighted by molar-refractivity contribution is 7.26. The summed E-state index contributed by atoms with van der Waals surface area (Å²) in [5.74, 6) is 0. The Labute approximate surface area is 528 Å². The van der Waals surface area contributed by atoms with Gasteiger partial charge in [-0.3, -0.25) is 0 Å². The van der Waals surface area contributed by atoms with E-state index in [9.17, 15) is 0 Å². The number of para-hydroxylation sites is 1. The zero-order valence-corrected chi connectivity index (χ0v) is 54.1. The molecule has 0 saturated carbocycles. The van der Waals surface area contributed by atoms with E-state index in [1.54, 1.807) is 0 Å². The first-order valence-electron chi connectivity index (χ1n) is 31.9. The summed E-state index contributed by atoms with van der Waals surface area (Å²) in [4.78, 5) is 7.90. The maximum absolute atomic E-state index is 7.45. The molecule has 436 valence electrons. The van der Waals surface area contributed by atoms with Crippen molar-refractivity contribution in [2.45, 2.75) is 112 Å². The molecule has 13 aromatic rings. The highest BCUT2D eigenvalue weighted by Crippen LogP contribution is 2.56. The van der Waals surface area contributed by atoms with Gasteiger partial charge in [0.05, 0.1) is 22.7 Å². The van der Waals surface area contributed by atoms with Gasteiger partial charge in [-0.25, -0.2) is 0 Å². The Balaban J connectivity index is 1.11. The van der Waals surface area contributed by atoms with Crippen LogP contribution in [0.3, 0.4) is 0 Å². The van der Waals surface area contributed by atoms with Gasteiger partial charge in [0, 0.05) is 64.9 Å². The Morgan fingerprint density at radius 3 is 1.91 bits per heavy atom. The zero-order chi connectivity index (χ0) is 61.2. The summed E-state index contributed by atoms with van der Waals surface area (Å²) >= 11 is 1.87. The third-order valence-electron chi connectivity index (χ3n) is 20.3. The summed E-state index contributed by atoms with van der Waals surface area (Å²) in [6.07, 6.45) is 2.26. The van der Waals surface area contributed by atoms with Crippen molar-refractivity contribution in [2.24, 2.45) is 0 Å². The van der Waals surface area contributed by atoms with Crippen LogP contribution in [0.5, 0.6) is 0 Å². The van der Waals surface area contributed by atoms with Gasteiger partial charge in [0.25, 0.3) is 6.71 Å². The highest BCUT2D eigenvalue weighted by Gasteiger charge is 2.47. The van der Waals surface area contributed by atoms with Gasteiger partial charge < -0.3 is 19.1 Å². The van der Waals surface area contributed by atoms with E-state index >= 15 is 0 Å². The van der Waals surface area contributed by atoms with Crippen molar-refractivity contribution >= 4 is 128 Å². The number of benzene rings is 11. The van der Waals surface area contributed by atoms with Crippen molar-refractivity contribution < 1.29 is 4.42 Å². The summed E-state index contributed by atoms with van der Waals surface area (Å²) in [5, 5.41) is 4.72. The van der Waals surface area contributed by atoms with Crippen molar-refractivity contribution in [2.75, 3.05) is 14.7 Å². The van der Waals surface area contributed by atoms with Crippen molar-refractivity contribution in [3.05, 3.63) is 251 Å². The second-order valence-electron chi connectivity index (χ2n) is 28.3. The molecule has 4 heterocycles. The molecule has 2 aromatic heterocycles. The second kappa shape index (κ2) is 20.0. The minimum atomic E-state index is -0.214. The van der Waals surface area contributed by atoms with E-state index in [1.165, 1.54) is 104 Å². The number of aryl methyl sites for hydroxylation is 5. The van der Waals surface area contributed by atoms with Crippen LogP contribution in [0.25, 0.3) is 64.4 Å². The summed E-state index contributed by atoms with van der Waals surface area (Å²) in [6.45, 7) is 28.0. The molecule has 0 bridgehead atoms. The van der Waals surface area contributed by atoms with Gasteiger partial charge in [-0.15, -0.1) is 11.3 Å². The van der Waals surface area contributed by atoms with Crippen LogP contribution in [0, 0.1) is 34.6 Å². The van der Waals surface area contributed by atoms with Crippen LogP contribution in [-0.2, 0) is 16.2 Å². The van der Waals surface area contributed by atoms with Gasteiger partial charge in [0.1, 0.15) is 5.58 Å². The summed E-state index contributed by atoms with van der Waals surface area (Å²) in [6, 6.07) is 79.2. The Morgan fingerprint density at radius 2 is 1.16 bits per heavy atom. The summed E-state index contributed by atoms with van der Waals surface area (Å²) in [7, 11) is 0. The van der Waals surface area contributed by atoms with Crippen LogP contribution >= 0.6 is 11.3 Å². The number of nitrogens with zero attached hydrogens (tertiary/aromatic N) is 3. The molecule has 4 nitrogen and oxygen atoms in total. The van der Waals surface area contributed by atoms with Gasteiger partial charge in [-0.1, -0.05) is 187 Å². The Hall–Kier alpha value is -9.10. The van der Waals surface area contributed by atoms with Crippen LogP contribution in [0.4, 0.5) is 51.2 Å². The van der Waals surface area contributed by atoms with E-state index in [2.05, 4.69) is 304 Å². The molecule has 1 aliphatic carbocycles. The third kappa shape index (κ3) is 8.60. The van der Waals surface area contributed by atoms with Crippen molar-refractivity contribution in [1.82, 2.24) is 0 Å². The van der Waals surface area contributed by atoms with Crippen LogP contribution in [-0.4, -0.2) is 6.71 Å². The lowest BCUT2D eigenvalue weighted by atomic mass is 9.33. The Bertz CT molecular complexity index is 5090. The predicted octanol–water partition coefficient (Wildman–Crippen LogP) is 22.0. The maximum Gasteiger partial charge on any atom is 0.252 e. The predicted molar refractivity (Wildman–Crippen MR) is 384 cm³/mol. The molecule has 11 aromatic carbocycles. The fourth-order valence-electron chi connectivity index (χ4n) is 15.8. The van der Waals surface area contributed by atoms with Crippen LogP contribution in [0.15, 0.2) is 211 Å². The largest absolute Gasteiger partial charge is 0.454 e. The molecule has 0 unspecified atom stereocenters. The van der Waals surface area contributed by atoms with Crippen molar-refractivity contribution in [1.29, 1.82) is 0 Å². The number of fused-ring (bicyclic) bond motifs is 12. The number of anilines is 9. The fraction of sp³-hybridized carbons (Fsp3) is 0.205. The van der Waals surface area contributed by atoms with Gasteiger partial charge >= 0.3 is 0 Å². The van der Waals surface area contributed by atoms with Gasteiger partial charge in [0.2, 0.25) is 0 Å². The lowest BCUT2D eigenvalue weighted by Crippen LogP contribution is -2.61. The van der Waals surface area contributed by atoms with Crippen LogP contribution < -0.4 is 31.1 Å². The van der Waals surface area contributed by atoms with Gasteiger partial charge in [-0.05, 0) is 209 Å². The van der Waals surface area contributed by atoms with E-state index in [0.29, 0.717) is 0 Å².